The van der Waals surface area contributed by atoms with Crippen LogP contribution in [0.1, 0.15) is 31.0 Å². The molecule has 1 rings (SSSR count). The number of hydrogen-bond donors (Lipinski definition) is 3. The number of rotatable bonds is 3. The Morgan fingerprint density at radius 3 is 2.57 bits per heavy atom. The fourth-order valence-corrected chi connectivity index (χ4v) is 1.43. The van der Waals surface area contributed by atoms with E-state index in [-0.39, 0.29) is 5.75 Å². The van der Waals surface area contributed by atoms with Gasteiger partial charge in [-0.1, -0.05) is 25.1 Å². The number of phenols is 1. The highest BCUT2D eigenvalue weighted by molar-refractivity contribution is 5.42. The first-order valence-corrected chi connectivity index (χ1v) is 4.82. The first-order valence-electron chi connectivity index (χ1n) is 4.82. The number of hydrogen-bond acceptors (Lipinski definition) is 3. The maximum Gasteiger partial charge on any atom is 0.123 e. The fourth-order valence-electron chi connectivity index (χ4n) is 1.43. The van der Waals surface area contributed by atoms with Crippen molar-refractivity contribution in [1.29, 1.82) is 0 Å². The highest BCUT2D eigenvalue weighted by Gasteiger charge is 2.16. The summed E-state index contributed by atoms with van der Waals surface area (Å²) in [5, 5.41) is 19.1. The second-order valence-corrected chi connectivity index (χ2v) is 3.47. The van der Waals surface area contributed by atoms with Crippen LogP contribution in [0.3, 0.4) is 0 Å². The van der Waals surface area contributed by atoms with E-state index < -0.39 is 12.1 Å². The Morgan fingerprint density at radius 1 is 1.43 bits per heavy atom. The van der Waals surface area contributed by atoms with Gasteiger partial charge in [-0.05, 0) is 18.9 Å². The van der Waals surface area contributed by atoms with Crippen molar-refractivity contribution < 1.29 is 10.2 Å². The summed E-state index contributed by atoms with van der Waals surface area (Å²) < 4.78 is 0. The summed E-state index contributed by atoms with van der Waals surface area (Å²) >= 11 is 0. The number of para-hydroxylation sites is 1. The molecule has 0 spiro atoms. The van der Waals surface area contributed by atoms with Crippen molar-refractivity contribution in [3.63, 3.8) is 0 Å². The molecule has 1 aromatic rings. The maximum absolute atomic E-state index is 9.82. The zero-order chi connectivity index (χ0) is 10.7. The molecule has 0 aliphatic rings. The molecular weight excluding hydrogens is 178 g/mol. The first-order chi connectivity index (χ1) is 6.57. The maximum atomic E-state index is 9.82. The monoisotopic (exact) mass is 195 g/mol. The van der Waals surface area contributed by atoms with Crippen LogP contribution in [0.4, 0.5) is 0 Å². The Labute approximate surface area is 84.2 Å². The molecule has 1 aromatic carbocycles. The van der Waals surface area contributed by atoms with E-state index in [9.17, 15) is 10.2 Å². The molecule has 0 saturated heterocycles. The van der Waals surface area contributed by atoms with E-state index in [2.05, 4.69) is 0 Å². The van der Waals surface area contributed by atoms with Crippen LogP contribution < -0.4 is 5.73 Å². The lowest BCUT2D eigenvalue weighted by Gasteiger charge is -2.17. The average molecular weight is 195 g/mol. The third-order valence-electron chi connectivity index (χ3n) is 2.41. The van der Waals surface area contributed by atoms with Crippen LogP contribution in [0.2, 0.25) is 0 Å². The van der Waals surface area contributed by atoms with Crippen LogP contribution in [0.15, 0.2) is 18.2 Å². The molecule has 0 aromatic heterocycles. The second-order valence-electron chi connectivity index (χ2n) is 3.47. The predicted octanol–water partition coefficient (Wildman–Crippen LogP) is 1.34. The summed E-state index contributed by atoms with van der Waals surface area (Å²) in [5.41, 5.74) is 7.22. The van der Waals surface area contributed by atoms with E-state index >= 15 is 0 Å². The molecule has 3 heteroatoms. The quantitative estimate of drug-likeness (QED) is 0.681. The summed E-state index contributed by atoms with van der Waals surface area (Å²) in [6, 6.07) is 4.91. The topological polar surface area (TPSA) is 66.5 Å². The second kappa shape index (κ2) is 4.44. The van der Waals surface area contributed by atoms with Crippen LogP contribution >= 0.6 is 0 Å². The summed E-state index contributed by atoms with van der Waals surface area (Å²) in [4.78, 5) is 0. The van der Waals surface area contributed by atoms with E-state index in [4.69, 9.17) is 5.73 Å². The van der Waals surface area contributed by atoms with Gasteiger partial charge in [0.2, 0.25) is 0 Å². The molecule has 14 heavy (non-hydrogen) atoms. The Hall–Kier alpha value is -1.06. The molecule has 0 amide bonds. The molecule has 2 atom stereocenters. The van der Waals surface area contributed by atoms with Gasteiger partial charge in [0.25, 0.3) is 0 Å². The average Bonchev–Trinajstić information content (AvgIpc) is 2.17. The van der Waals surface area contributed by atoms with E-state index in [0.717, 1.165) is 12.0 Å². The van der Waals surface area contributed by atoms with Crippen LogP contribution in [-0.2, 0) is 6.42 Å². The van der Waals surface area contributed by atoms with Crippen LogP contribution in [0, 0.1) is 0 Å². The number of phenolic OH excluding ortho intramolecular Hbond substituents is 1. The summed E-state index contributed by atoms with van der Waals surface area (Å²) in [5.74, 6) is 0.211. The number of aliphatic hydroxyl groups is 1. The Bertz CT molecular complexity index is 310. The van der Waals surface area contributed by atoms with Gasteiger partial charge in [0.05, 0.1) is 12.1 Å². The molecule has 0 radical (unpaired) electrons. The van der Waals surface area contributed by atoms with Gasteiger partial charge in [-0.25, -0.2) is 0 Å². The molecule has 4 N–H and O–H groups in total. The van der Waals surface area contributed by atoms with Crippen molar-refractivity contribution in [3.05, 3.63) is 29.3 Å². The number of nitrogens with two attached hydrogens (primary N) is 1. The summed E-state index contributed by atoms with van der Waals surface area (Å²) in [7, 11) is 0. The van der Waals surface area contributed by atoms with Crippen molar-refractivity contribution in [1.82, 2.24) is 0 Å². The Morgan fingerprint density at radius 2 is 2.07 bits per heavy atom. The predicted molar refractivity (Wildman–Crippen MR) is 56.1 cm³/mol. The molecule has 3 nitrogen and oxygen atoms in total. The minimum atomic E-state index is -0.659. The van der Waals surface area contributed by atoms with E-state index in [0.29, 0.717) is 5.56 Å². The van der Waals surface area contributed by atoms with Gasteiger partial charge in [-0.2, -0.15) is 0 Å². The minimum absolute atomic E-state index is 0.211. The van der Waals surface area contributed by atoms with E-state index in [1.54, 1.807) is 13.0 Å². The fraction of sp³-hybridized carbons (Fsp3) is 0.455. The molecular formula is C11H17NO2. The van der Waals surface area contributed by atoms with Gasteiger partial charge < -0.3 is 15.9 Å². The summed E-state index contributed by atoms with van der Waals surface area (Å²) in [6.07, 6.45) is 0.0969. The van der Waals surface area contributed by atoms with Crippen LogP contribution in [0.25, 0.3) is 0 Å². The summed E-state index contributed by atoms with van der Waals surface area (Å²) in [6.45, 7) is 3.58. The number of aromatic hydroxyl groups is 1. The van der Waals surface area contributed by atoms with Crippen LogP contribution in [0.5, 0.6) is 5.75 Å². The van der Waals surface area contributed by atoms with Gasteiger partial charge in [-0.3, -0.25) is 0 Å². The molecule has 0 aliphatic carbocycles. The van der Waals surface area contributed by atoms with Gasteiger partial charge in [0.1, 0.15) is 5.75 Å². The lowest BCUT2D eigenvalue weighted by atomic mass is 9.98. The molecule has 0 bridgehead atoms. The lowest BCUT2D eigenvalue weighted by Crippen LogP contribution is -2.23. The molecule has 0 aliphatic heterocycles. The normalized spacial score (nSPS) is 15.1. The van der Waals surface area contributed by atoms with Crippen LogP contribution in [-0.4, -0.2) is 16.3 Å². The third kappa shape index (κ3) is 2.05. The molecule has 78 valence electrons. The van der Waals surface area contributed by atoms with Crippen molar-refractivity contribution in [2.75, 3.05) is 0 Å². The highest BCUT2D eigenvalue weighted by Crippen LogP contribution is 2.28. The number of aliphatic hydroxyl groups excluding tert-OH is 1. The largest absolute Gasteiger partial charge is 0.507 e. The lowest BCUT2D eigenvalue weighted by molar-refractivity contribution is 0.162. The van der Waals surface area contributed by atoms with Crippen molar-refractivity contribution in [2.24, 2.45) is 5.73 Å². The number of aryl methyl sites for hydroxylation is 1. The SMILES string of the molecule is CCc1cccc([C@H](N)C(C)O)c1O. The molecule has 0 saturated carbocycles. The highest BCUT2D eigenvalue weighted by atomic mass is 16.3. The third-order valence-corrected chi connectivity index (χ3v) is 2.41. The smallest absolute Gasteiger partial charge is 0.123 e. The zero-order valence-electron chi connectivity index (χ0n) is 8.57. The molecule has 1 unspecified atom stereocenters. The molecule has 0 fully saturated rings. The number of benzene rings is 1. The van der Waals surface area contributed by atoms with E-state index in [1.165, 1.54) is 0 Å². The van der Waals surface area contributed by atoms with Gasteiger partial charge in [-0.15, -0.1) is 0 Å². The van der Waals surface area contributed by atoms with Crippen molar-refractivity contribution in [2.45, 2.75) is 32.4 Å². The Balaban J connectivity index is 3.09. The van der Waals surface area contributed by atoms with Gasteiger partial charge in [0, 0.05) is 5.56 Å². The zero-order valence-corrected chi connectivity index (χ0v) is 8.57. The van der Waals surface area contributed by atoms with Gasteiger partial charge in [0.15, 0.2) is 0 Å². The first kappa shape index (κ1) is 11.0. The van der Waals surface area contributed by atoms with E-state index in [1.807, 2.05) is 19.1 Å². The Kier molecular flexibility index (Phi) is 3.49. The molecule has 0 heterocycles. The standard InChI is InChI=1S/C11H17NO2/c1-3-8-5-4-6-9(11(8)14)10(12)7(2)13/h4-7,10,13-14H,3,12H2,1-2H3/t7?,10-/m1/s1. The van der Waals surface area contributed by atoms with Crippen molar-refractivity contribution in [3.8, 4) is 5.75 Å². The van der Waals surface area contributed by atoms with Gasteiger partial charge >= 0.3 is 0 Å². The van der Waals surface area contributed by atoms with Crippen molar-refractivity contribution >= 4 is 0 Å². The minimum Gasteiger partial charge on any atom is -0.507 e.